The van der Waals surface area contributed by atoms with E-state index < -0.39 is 11.9 Å². The minimum atomic E-state index is -1.26. The van der Waals surface area contributed by atoms with E-state index >= 15 is 0 Å². The smallest absolute Gasteiger partial charge is 0.328 e. The molecule has 0 saturated heterocycles. The molecule has 10 nitrogen and oxygen atoms in total. The third-order valence-corrected chi connectivity index (χ3v) is 3.70. The molecule has 2 aromatic rings. The number of carboxylic acid groups (broad SMARTS) is 2. The van der Waals surface area contributed by atoms with Gasteiger partial charge < -0.3 is 15.5 Å². The lowest BCUT2D eigenvalue weighted by molar-refractivity contribution is -0.134. The highest BCUT2D eigenvalue weighted by Crippen LogP contribution is 2.32. The van der Waals surface area contributed by atoms with Crippen LogP contribution in [0.2, 0.25) is 0 Å². The van der Waals surface area contributed by atoms with E-state index in [9.17, 15) is 14.4 Å². The molecule has 1 aliphatic heterocycles. The predicted octanol–water partition coefficient (Wildman–Crippen LogP) is 1.15. The van der Waals surface area contributed by atoms with Crippen molar-refractivity contribution in [1.29, 1.82) is 0 Å². The summed E-state index contributed by atoms with van der Waals surface area (Å²) >= 11 is 0. The molecule has 0 aromatic carbocycles. The van der Waals surface area contributed by atoms with Crippen LogP contribution in [0.1, 0.15) is 5.69 Å². The quantitative estimate of drug-likeness (QED) is 0.674. The first kappa shape index (κ1) is 19.5. The van der Waals surface area contributed by atoms with Crippen molar-refractivity contribution in [2.75, 3.05) is 24.0 Å². The van der Waals surface area contributed by atoms with Crippen molar-refractivity contribution in [2.24, 2.45) is 0 Å². The van der Waals surface area contributed by atoms with Crippen LogP contribution >= 0.6 is 0 Å². The van der Waals surface area contributed by atoms with Gasteiger partial charge in [-0.1, -0.05) is 0 Å². The van der Waals surface area contributed by atoms with Crippen LogP contribution in [0.25, 0.3) is 0 Å². The number of urea groups is 1. The van der Waals surface area contributed by atoms with Crippen LogP contribution in [0.5, 0.6) is 0 Å². The fourth-order valence-corrected chi connectivity index (χ4v) is 2.51. The Labute approximate surface area is 154 Å². The number of nitrogens with zero attached hydrogens (tertiary/aromatic N) is 4. The Balaban J connectivity index is 0.000000279. The molecule has 27 heavy (non-hydrogen) atoms. The lowest BCUT2D eigenvalue weighted by Gasteiger charge is -2.23. The summed E-state index contributed by atoms with van der Waals surface area (Å²) < 4.78 is 2.03. The average molecular weight is 373 g/mol. The number of carboxylic acids is 2. The van der Waals surface area contributed by atoms with Gasteiger partial charge in [0.1, 0.15) is 0 Å². The van der Waals surface area contributed by atoms with Gasteiger partial charge in [0.2, 0.25) is 0 Å². The lowest BCUT2D eigenvalue weighted by atomic mass is 10.3. The topological polar surface area (TPSA) is 128 Å². The molecule has 0 fully saturated rings. The molecule has 2 amide bonds. The van der Waals surface area contributed by atoms with Crippen molar-refractivity contribution < 1.29 is 24.6 Å². The molecule has 0 aliphatic carbocycles. The van der Waals surface area contributed by atoms with Gasteiger partial charge in [-0.15, -0.1) is 0 Å². The van der Waals surface area contributed by atoms with Crippen LogP contribution in [-0.4, -0.2) is 51.9 Å². The van der Waals surface area contributed by atoms with E-state index in [0.29, 0.717) is 18.7 Å². The Hall–Kier alpha value is -3.82. The van der Waals surface area contributed by atoms with Gasteiger partial charge >= 0.3 is 18.0 Å². The standard InChI is InChI=1S/C13H15N5O.C4H4O4/c1-14-13(19)17-9-10-4-3-7-18(10)16(2)11-5-6-15-8-12(11)17;5-3(6)1-2-4(7)8/h3-8H,9H2,1-2H3,(H,14,19);1-2H,(H,5,6)(H,7,8)/b;2-1-. The molecule has 3 rings (SSSR count). The van der Waals surface area contributed by atoms with Crippen molar-refractivity contribution >= 4 is 29.3 Å². The number of carbonyl (C=O) groups is 3. The predicted molar refractivity (Wildman–Crippen MR) is 97.5 cm³/mol. The number of carbonyl (C=O) groups excluding carboxylic acids is 1. The van der Waals surface area contributed by atoms with Crippen molar-refractivity contribution in [3.05, 3.63) is 54.6 Å². The number of rotatable bonds is 2. The number of amides is 2. The summed E-state index contributed by atoms with van der Waals surface area (Å²) in [5.41, 5.74) is 2.78. The number of aliphatic carboxylic acids is 2. The number of pyridine rings is 1. The minimum Gasteiger partial charge on any atom is -0.478 e. The summed E-state index contributed by atoms with van der Waals surface area (Å²) in [5.74, 6) is -2.51. The third-order valence-electron chi connectivity index (χ3n) is 3.70. The van der Waals surface area contributed by atoms with Crippen LogP contribution in [0.15, 0.2) is 48.9 Å². The fourth-order valence-electron chi connectivity index (χ4n) is 2.51. The molecule has 0 radical (unpaired) electrons. The Bertz CT molecular complexity index is 860. The van der Waals surface area contributed by atoms with Crippen LogP contribution in [0.4, 0.5) is 16.2 Å². The summed E-state index contributed by atoms with van der Waals surface area (Å²) in [5, 5.41) is 20.3. The van der Waals surface area contributed by atoms with E-state index in [0.717, 1.165) is 17.1 Å². The second-order valence-electron chi connectivity index (χ2n) is 5.38. The van der Waals surface area contributed by atoms with Gasteiger partial charge in [0, 0.05) is 38.6 Å². The van der Waals surface area contributed by atoms with Gasteiger partial charge in [-0.25, -0.2) is 14.4 Å². The van der Waals surface area contributed by atoms with E-state index in [1.165, 1.54) is 0 Å². The second kappa shape index (κ2) is 8.52. The first-order valence-electron chi connectivity index (χ1n) is 7.82. The lowest BCUT2D eigenvalue weighted by Crippen LogP contribution is -2.37. The van der Waals surface area contributed by atoms with Crippen molar-refractivity contribution in [2.45, 2.75) is 6.54 Å². The van der Waals surface area contributed by atoms with Crippen LogP contribution in [0.3, 0.4) is 0 Å². The summed E-state index contributed by atoms with van der Waals surface area (Å²) in [4.78, 5) is 37.0. The zero-order chi connectivity index (χ0) is 20.0. The van der Waals surface area contributed by atoms with E-state index in [4.69, 9.17) is 10.2 Å². The highest BCUT2D eigenvalue weighted by Gasteiger charge is 2.25. The first-order valence-corrected chi connectivity index (χ1v) is 7.82. The van der Waals surface area contributed by atoms with Crippen LogP contribution in [0, 0.1) is 0 Å². The Kier molecular flexibility index (Phi) is 6.15. The third kappa shape index (κ3) is 4.63. The molecule has 0 unspecified atom stereocenters. The van der Waals surface area contributed by atoms with Gasteiger partial charge in [-0.3, -0.25) is 19.6 Å². The van der Waals surface area contributed by atoms with Gasteiger partial charge in [-0.05, 0) is 18.2 Å². The SMILES string of the molecule is CNC(=O)N1Cc2cccn2N(C)c2ccncc21.O=C(O)/C=C\C(=O)O. The zero-order valence-electron chi connectivity index (χ0n) is 14.7. The molecule has 0 bridgehead atoms. The molecule has 2 aromatic heterocycles. The zero-order valence-corrected chi connectivity index (χ0v) is 14.7. The van der Waals surface area contributed by atoms with Gasteiger partial charge in [0.25, 0.3) is 0 Å². The summed E-state index contributed by atoms with van der Waals surface area (Å²) in [6.45, 7) is 0.510. The highest BCUT2D eigenvalue weighted by atomic mass is 16.4. The number of hydrogen-bond donors (Lipinski definition) is 3. The molecule has 3 N–H and O–H groups in total. The summed E-state index contributed by atoms with van der Waals surface area (Å²) in [6.07, 6.45) is 6.54. The van der Waals surface area contributed by atoms with Crippen LogP contribution < -0.4 is 15.2 Å². The molecule has 0 saturated carbocycles. The number of hydrogen-bond acceptors (Lipinski definition) is 5. The normalized spacial score (nSPS) is 12.4. The second-order valence-corrected chi connectivity index (χ2v) is 5.38. The maximum Gasteiger partial charge on any atom is 0.328 e. The van der Waals surface area contributed by atoms with Gasteiger partial charge in [0.05, 0.1) is 29.8 Å². The van der Waals surface area contributed by atoms with E-state index in [2.05, 4.69) is 10.3 Å². The maximum absolute atomic E-state index is 12.1. The van der Waals surface area contributed by atoms with Crippen LogP contribution in [-0.2, 0) is 16.1 Å². The maximum atomic E-state index is 12.1. The average Bonchev–Trinajstić information content (AvgIpc) is 3.08. The minimum absolute atomic E-state index is 0.141. The molecular weight excluding hydrogens is 354 g/mol. The molecule has 1 aliphatic rings. The Morgan fingerprint density at radius 3 is 2.41 bits per heavy atom. The molecule has 142 valence electrons. The molecular formula is C17H19N5O5. The first-order chi connectivity index (χ1) is 12.8. The Morgan fingerprint density at radius 2 is 1.81 bits per heavy atom. The number of aromatic nitrogens is 2. The number of fused-ring (bicyclic) bond motifs is 2. The van der Waals surface area contributed by atoms with Gasteiger partial charge in [0.15, 0.2) is 0 Å². The Morgan fingerprint density at radius 1 is 1.15 bits per heavy atom. The van der Waals surface area contributed by atoms with Crippen molar-refractivity contribution in [3.8, 4) is 0 Å². The van der Waals surface area contributed by atoms with E-state index in [-0.39, 0.29) is 6.03 Å². The molecule has 0 spiro atoms. The highest BCUT2D eigenvalue weighted by molar-refractivity contribution is 5.95. The molecule has 0 atom stereocenters. The van der Waals surface area contributed by atoms with E-state index in [1.807, 2.05) is 41.1 Å². The summed E-state index contributed by atoms with van der Waals surface area (Å²) in [6, 6.07) is 5.74. The number of anilines is 2. The summed E-state index contributed by atoms with van der Waals surface area (Å²) in [7, 11) is 3.60. The van der Waals surface area contributed by atoms with Gasteiger partial charge in [-0.2, -0.15) is 0 Å². The van der Waals surface area contributed by atoms with E-state index in [1.54, 1.807) is 24.3 Å². The fraction of sp³-hybridized carbons (Fsp3) is 0.176. The molecule has 3 heterocycles. The monoisotopic (exact) mass is 373 g/mol. The largest absolute Gasteiger partial charge is 0.478 e. The molecule has 10 heteroatoms. The van der Waals surface area contributed by atoms with Crippen molar-refractivity contribution in [1.82, 2.24) is 15.0 Å². The number of nitrogens with one attached hydrogen (secondary N) is 1. The van der Waals surface area contributed by atoms with Crippen molar-refractivity contribution in [3.63, 3.8) is 0 Å².